The molecule has 0 aromatic heterocycles. The second-order valence-corrected chi connectivity index (χ2v) is 5.78. The molecule has 1 saturated heterocycles. The summed E-state index contributed by atoms with van der Waals surface area (Å²) >= 11 is 0. The lowest BCUT2D eigenvalue weighted by molar-refractivity contribution is -0.124. The molecule has 1 heterocycles. The van der Waals surface area contributed by atoms with Gasteiger partial charge in [0.2, 0.25) is 5.91 Å². The minimum absolute atomic E-state index is 0.00834. The van der Waals surface area contributed by atoms with E-state index in [1.54, 1.807) is 0 Å². The smallest absolute Gasteiger partial charge is 0.224 e. The summed E-state index contributed by atoms with van der Waals surface area (Å²) in [5.74, 6) is -0.973. The largest absolute Gasteiger partial charge is 0.353 e. The zero-order valence-corrected chi connectivity index (χ0v) is 11.2. The van der Waals surface area contributed by atoms with Gasteiger partial charge >= 0.3 is 0 Å². The van der Waals surface area contributed by atoms with Crippen LogP contribution in [0.25, 0.3) is 0 Å². The van der Waals surface area contributed by atoms with E-state index in [9.17, 15) is 13.6 Å². The lowest BCUT2D eigenvalue weighted by Crippen LogP contribution is -2.34. The predicted molar refractivity (Wildman–Crippen MR) is 70.9 cm³/mol. The van der Waals surface area contributed by atoms with Crippen LogP contribution in [0.3, 0.4) is 0 Å². The van der Waals surface area contributed by atoms with Crippen LogP contribution in [0, 0.1) is 17.6 Å². The number of nitrogens with one attached hydrogen (secondary N) is 1. The topological polar surface area (TPSA) is 32.3 Å². The van der Waals surface area contributed by atoms with E-state index in [1.165, 1.54) is 12.1 Å². The van der Waals surface area contributed by atoms with Crippen LogP contribution in [0.2, 0.25) is 0 Å². The molecule has 1 aliphatic carbocycles. The molecule has 1 atom stereocenters. The third-order valence-corrected chi connectivity index (χ3v) is 3.90. The highest BCUT2D eigenvalue weighted by atomic mass is 19.1. The quantitative estimate of drug-likeness (QED) is 0.915. The molecule has 1 aliphatic heterocycles. The Morgan fingerprint density at radius 3 is 2.55 bits per heavy atom. The first-order valence-electron chi connectivity index (χ1n) is 7.08. The highest BCUT2D eigenvalue weighted by Gasteiger charge is 2.32. The molecule has 20 heavy (non-hydrogen) atoms. The van der Waals surface area contributed by atoms with Gasteiger partial charge < -0.3 is 5.32 Å². The molecule has 1 aromatic rings. The molecular formula is C15H18F2N2O. The van der Waals surface area contributed by atoms with Gasteiger partial charge in [-0.3, -0.25) is 9.69 Å². The van der Waals surface area contributed by atoms with Crippen molar-refractivity contribution in [2.75, 3.05) is 13.1 Å². The normalized spacial score (nSPS) is 23.0. The van der Waals surface area contributed by atoms with Crippen LogP contribution in [0.1, 0.15) is 24.8 Å². The summed E-state index contributed by atoms with van der Waals surface area (Å²) in [6.45, 7) is 1.94. The fourth-order valence-corrected chi connectivity index (χ4v) is 2.70. The zero-order valence-electron chi connectivity index (χ0n) is 11.2. The first-order chi connectivity index (χ1) is 9.60. The SMILES string of the molecule is O=C(NC1CC1)C1CCN(Cc2cc(F)cc(F)c2)C1. The molecule has 0 spiro atoms. The second kappa shape index (κ2) is 5.48. The van der Waals surface area contributed by atoms with Gasteiger partial charge in [-0.15, -0.1) is 0 Å². The lowest BCUT2D eigenvalue weighted by atomic mass is 10.1. The van der Waals surface area contributed by atoms with E-state index in [0.29, 0.717) is 24.7 Å². The maximum absolute atomic E-state index is 13.1. The Labute approximate surface area is 117 Å². The number of halogens is 2. The van der Waals surface area contributed by atoms with E-state index >= 15 is 0 Å². The maximum Gasteiger partial charge on any atom is 0.224 e. The van der Waals surface area contributed by atoms with E-state index in [0.717, 1.165) is 31.9 Å². The number of nitrogens with zero attached hydrogens (tertiary/aromatic N) is 1. The molecule has 1 N–H and O–H groups in total. The standard InChI is InChI=1S/C15H18F2N2O/c16-12-5-10(6-13(17)7-12)8-19-4-3-11(9-19)15(20)18-14-1-2-14/h5-7,11,14H,1-4,8-9H2,(H,18,20). The van der Waals surface area contributed by atoms with Gasteiger partial charge in [-0.2, -0.15) is 0 Å². The van der Waals surface area contributed by atoms with E-state index < -0.39 is 11.6 Å². The molecule has 2 aliphatic rings. The number of amides is 1. The Hall–Kier alpha value is -1.49. The fraction of sp³-hybridized carbons (Fsp3) is 0.533. The molecule has 3 nitrogen and oxygen atoms in total. The average Bonchev–Trinajstić information content (AvgIpc) is 3.04. The van der Waals surface area contributed by atoms with E-state index in [2.05, 4.69) is 10.2 Å². The van der Waals surface area contributed by atoms with Crippen molar-refractivity contribution >= 4 is 5.91 Å². The van der Waals surface area contributed by atoms with Crippen LogP contribution in [0.4, 0.5) is 8.78 Å². The van der Waals surface area contributed by atoms with Gasteiger partial charge in [0.1, 0.15) is 11.6 Å². The van der Waals surface area contributed by atoms with E-state index in [-0.39, 0.29) is 11.8 Å². The van der Waals surface area contributed by atoms with Crippen LogP contribution >= 0.6 is 0 Å². The fourth-order valence-electron chi connectivity index (χ4n) is 2.70. The van der Waals surface area contributed by atoms with Crippen molar-refractivity contribution in [3.8, 4) is 0 Å². The van der Waals surface area contributed by atoms with Gasteiger partial charge in [-0.25, -0.2) is 8.78 Å². The van der Waals surface area contributed by atoms with Gasteiger partial charge in [0.25, 0.3) is 0 Å². The molecule has 3 rings (SSSR count). The molecule has 1 saturated carbocycles. The number of carbonyl (C=O) groups is 1. The Morgan fingerprint density at radius 2 is 1.90 bits per heavy atom. The van der Waals surface area contributed by atoms with Crippen molar-refractivity contribution in [3.63, 3.8) is 0 Å². The van der Waals surface area contributed by atoms with Crippen molar-refractivity contribution in [1.29, 1.82) is 0 Å². The summed E-state index contributed by atoms with van der Waals surface area (Å²) in [5, 5.41) is 3.01. The van der Waals surface area contributed by atoms with Crippen LogP contribution in [-0.2, 0) is 11.3 Å². The number of rotatable bonds is 4. The van der Waals surface area contributed by atoms with Crippen molar-refractivity contribution in [2.45, 2.75) is 31.8 Å². The number of hydrogen-bond acceptors (Lipinski definition) is 2. The summed E-state index contributed by atoms with van der Waals surface area (Å²) in [5.41, 5.74) is 0.616. The number of carbonyl (C=O) groups excluding carboxylic acids is 1. The summed E-state index contributed by atoms with van der Waals surface area (Å²) in [4.78, 5) is 14.0. The van der Waals surface area contributed by atoms with Crippen molar-refractivity contribution in [3.05, 3.63) is 35.4 Å². The molecule has 5 heteroatoms. The molecule has 1 aromatic carbocycles. The minimum Gasteiger partial charge on any atom is -0.353 e. The van der Waals surface area contributed by atoms with Gasteiger partial charge in [0, 0.05) is 25.2 Å². The van der Waals surface area contributed by atoms with Gasteiger partial charge in [0.05, 0.1) is 5.92 Å². The predicted octanol–water partition coefficient (Wildman–Crippen LogP) is 2.07. The average molecular weight is 280 g/mol. The summed E-state index contributed by atoms with van der Waals surface area (Å²) < 4.78 is 26.3. The second-order valence-electron chi connectivity index (χ2n) is 5.78. The molecule has 2 fully saturated rings. The first-order valence-corrected chi connectivity index (χ1v) is 7.08. The minimum atomic E-state index is -0.553. The Bertz CT molecular complexity index is 496. The van der Waals surface area contributed by atoms with Crippen LogP contribution < -0.4 is 5.32 Å². The monoisotopic (exact) mass is 280 g/mol. The van der Waals surface area contributed by atoms with Crippen molar-refractivity contribution < 1.29 is 13.6 Å². The Balaban J connectivity index is 1.55. The highest BCUT2D eigenvalue weighted by molar-refractivity contribution is 5.79. The third kappa shape index (κ3) is 3.33. The lowest BCUT2D eigenvalue weighted by Gasteiger charge is -2.16. The molecule has 0 bridgehead atoms. The van der Waals surface area contributed by atoms with Gasteiger partial charge in [-0.1, -0.05) is 0 Å². The number of likely N-dealkylation sites (tertiary alicyclic amines) is 1. The van der Waals surface area contributed by atoms with Gasteiger partial charge in [0.15, 0.2) is 0 Å². The number of benzene rings is 1. The highest BCUT2D eigenvalue weighted by Crippen LogP contribution is 2.23. The van der Waals surface area contributed by atoms with Gasteiger partial charge in [-0.05, 0) is 43.5 Å². The molecular weight excluding hydrogens is 262 g/mol. The molecule has 0 radical (unpaired) electrons. The zero-order chi connectivity index (χ0) is 14.1. The van der Waals surface area contributed by atoms with Crippen molar-refractivity contribution in [2.24, 2.45) is 5.92 Å². The molecule has 1 unspecified atom stereocenters. The Kier molecular flexibility index (Phi) is 3.70. The first kappa shape index (κ1) is 13.5. The van der Waals surface area contributed by atoms with Crippen molar-refractivity contribution in [1.82, 2.24) is 10.2 Å². The molecule has 1 amide bonds. The third-order valence-electron chi connectivity index (χ3n) is 3.90. The number of hydrogen-bond donors (Lipinski definition) is 1. The summed E-state index contributed by atoms with van der Waals surface area (Å²) in [6, 6.07) is 3.95. The summed E-state index contributed by atoms with van der Waals surface area (Å²) in [6.07, 6.45) is 2.99. The summed E-state index contributed by atoms with van der Waals surface area (Å²) in [7, 11) is 0. The van der Waals surface area contributed by atoms with Crippen LogP contribution in [0.15, 0.2) is 18.2 Å². The maximum atomic E-state index is 13.1. The van der Waals surface area contributed by atoms with E-state index in [4.69, 9.17) is 0 Å². The van der Waals surface area contributed by atoms with Crippen LogP contribution in [-0.4, -0.2) is 29.9 Å². The van der Waals surface area contributed by atoms with E-state index in [1.807, 2.05) is 0 Å². The molecule has 108 valence electrons. The Morgan fingerprint density at radius 1 is 1.20 bits per heavy atom. The van der Waals surface area contributed by atoms with Crippen LogP contribution in [0.5, 0.6) is 0 Å².